The quantitative estimate of drug-likeness (QED) is 0.772. The van der Waals surface area contributed by atoms with Crippen molar-refractivity contribution in [3.63, 3.8) is 0 Å². The highest BCUT2D eigenvalue weighted by Gasteiger charge is 2.29. The Balaban J connectivity index is 1.93. The molecule has 0 radical (unpaired) electrons. The van der Waals surface area contributed by atoms with E-state index in [1.807, 2.05) is 24.3 Å². The molecule has 23 heavy (non-hydrogen) atoms. The molecule has 5 nitrogen and oxygen atoms in total. The van der Waals surface area contributed by atoms with Gasteiger partial charge in [-0.25, -0.2) is 8.42 Å². The number of amides is 1. The zero-order valence-corrected chi connectivity index (χ0v) is 14.4. The van der Waals surface area contributed by atoms with Crippen LogP contribution in [-0.2, 0) is 14.6 Å². The van der Waals surface area contributed by atoms with Crippen molar-refractivity contribution < 1.29 is 17.9 Å². The smallest absolute Gasteiger partial charge is 0.246 e. The lowest BCUT2D eigenvalue weighted by atomic mass is 10.1. The molecule has 1 heterocycles. The summed E-state index contributed by atoms with van der Waals surface area (Å²) < 4.78 is 28.9. The molecule has 0 aliphatic carbocycles. The molecular formula is C17H23NO4S. The molecule has 0 unspecified atom stereocenters. The summed E-state index contributed by atoms with van der Waals surface area (Å²) in [5, 5.41) is -0.307. The highest BCUT2D eigenvalue weighted by atomic mass is 32.2. The molecule has 0 aromatic heterocycles. The zero-order valence-electron chi connectivity index (χ0n) is 13.6. The van der Waals surface area contributed by atoms with E-state index < -0.39 is 9.84 Å². The van der Waals surface area contributed by atoms with E-state index in [-0.39, 0.29) is 16.9 Å². The highest BCUT2D eigenvalue weighted by molar-refractivity contribution is 7.92. The molecule has 0 atom stereocenters. The first-order valence-electron chi connectivity index (χ1n) is 7.79. The maximum absolute atomic E-state index is 12.2. The monoisotopic (exact) mass is 337 g/mol. The molecule has 6 heteroatoms. The van der Waals surface area contributed by atoms with Gasteiger partial charge in [0.1, 0.15) is 5.75 Å². The molecule has 0 saturated carbocycles. The average Bonchev–Trinajstić information content (AvgIpc) is 2.60. The molecule has 1 saturated heterocycles. The van der Waals surface area contributed by atoms with Crippen LogP contribution in [0.25, 0.3) is 6.08 Å². The van der Waals surface area contributed by atoms with Gasteiger partial charge in [0.25, 0.3) is 0 Å². The molecule has 1 aliphatic rings. The third kappa shape index (κ3) is 4.58. The van der Waals surface area contributed by atoms with E-state index in [4.69, 9.17) is 4.74 Å². The fraction of sp³-hybridized carbons (Fsp3) is 0.471. The minimum absolute atomic E-state index is 0.0832. The van der Waals surface area contributed by atoms with Crippen molar-refractivity contribution in [1.82, 2.24) is 4.90 Å². The van der Waals surface area contributed by atoms with Gasteiger partial charge in [0, 0.05) is 24.9 Å². The summed E-state index contributed by atoms with van der Waals surface area (Å²) in [7, 11) is -1.40. The molecule has 2 rings (SSSR count). The number of piperidine rings is 1. The van der Waals surface area contributed by atoms with Crippen molar-refractivity contribution in [2.24, 2.45) is 0 Å². The maximum Gasteiger partial charge on any atom is 0.246 e. The molecular weight excluding hydrogens is 314 g/mol. The van der Waals surface area contributed by atoms with Crippen molar-refractivity contribution in [2.75, 3.05) is 26.0 Å². The summed E-state index contributed by atoms with van der Waals surface area (Å²) in [5.74, 6) is 0.826. The minimum Gasteiger partial charge on any atom is -0.497 e. The van der Waals surface area contributed by atoms with Gasteiger partial charge in [-0.15, -0.1) is 0 Å². The first-order chi connectivity index (χ1) is 11.0. The van der Waals surface area contributed by atoms with E-state index in [1.165, 1.54) is 6.08 Å². The lowest BCUT2D eigenvalue weighted by molar-refractivity contribution is -0.126. The van der Waals surface area contributed by atoms with Crippen LogP contribution in [0.4, 0.5) is 0 Å². The summed E-state index contributed by atoms with van der Waals surface area (Å²) >= 11 is 0. The lowest BCUT2D eigenvalue weighted by Crippen LogP contribution is -2.42. The molecule has 1 amide bonds. The summed E-state index contributed by atoms with van der Waals surface area (Å²) in [5.41, 5.74) is 0.890. The third-order valence-electron chi connectivity index (χ3n) is 4.18. The second kappa shape index (κ2) is 7.64. The topological polar surface area (TPSA) is 63.7 Å². The number of ether oxygens (including phenoxy) is 1. The summed E-state index contributed by atoms with van der Waals surface area (Å²) in [6, 6.07) is 7.46. The summed E-state index contributed by atoms with van der Waals surface area (Å²) in [6.45, 7) is 2.65. The molecule has 1 fully saturated rings. The van der Waals surface area contributed by atoms with Gasteiger partial charge < -0.3 is 9.64 Å². The van der Waals surface area contributed by atoms with Crippen molar-refractivity contribution in [2.45, 2.75) is 25.0 Å². The number of hydrogen-bond donors (Lipinski definition) is 0. The first-order valence-corrected chi connectivity index (χ1v) is 9.50. The van der Waals surface area contributed by atoms with Crippen LogP contribution >= 0.6 is 0 Å². The van der Waals surface area contributed by atoms with Crippen molar-refractivity contribution >= 4 is 21.8 Å². The van der Waals surface area contributed by atoms with E-state index in [0.29, 0.717) is 25.9 Å². The number of hydrogen-bond acceptors (Lipinski definition) is 4. The molecule has 0 N–H and O–H groups in total. The van der Waals surface area contributed by atoms with Crippen LogP contribution in [0.2, 0.25) is 0 Å². The van der Waals surface area contributed by atoms with Crippen LogP contribution in [0.15, 0.2) is 30.3 Å². The summed E-state index contributed by atoms with van der Waals surface area (Å²) in [6.07, 6.45) is 4.33. The van der Waals surface area contributed by atoms with E-state index >= 15 is 0 Å². The molecule has 126 valence electrons. The Morgan fingerprint density at radius 3 is 2.65 bits per heavy atom. The van der Waals surface area contributed by atoms with Gasteiger partial charge in [-0.2, -0.15) is 0 Å². The standard InChI is InChI=1S/C17H23NO4S/c1-3-23(20,21)16-9-11-18(12-10-16)17(19)8-7-14-5-4-6-15(13-14)22-2/h4-8,13,16H,3,9-12H2,1-2H3/b8-7+. The Labute approximate surface area is 137 Å². The molecule has 0 spiro atoms. The number of carbonyl (C=O) groups excluding carboxylic acids is 1. The Bertz CT molecular complexity index is 674. The van der Waals surface area contributed by atoms with Gasteiger partial charge in [0.2, 0.25) is 5.91 Å². The van der Waals surface area contributed by atoms with E-state index in [1.54, 1.807) is 25.0 Å². The lowest BCUT2D eigenvalue weighted by Gasteiger charge is -2.30. The normalized spacial score (nSPS) is 16.7. The molecule has 1 aromatic carbocycles. The highest BCUT2D eigenvalue weighted by Crippen LogP contribution is 2.19. The Morgan fingerprint density at radius 1 is 1.35 bits per heavy atom. The second-order valence-corrected chi connectivity index (χ2v) is 8.16. The number of methoxy groups -OCH3 is 1. The number of benzene rings is 1. The number of likely N-dealkylation sites (tertiary alicyclic amines) is 1. The van der Waals surface area contributed by atoms with Crippen molar-refractivity contribution in [3.05, 3.63) is 35.9 Å². The number of rotatable bonds is 5. The molecule has 1 aromatic rings. The van der Waals surface area contributed by atoms with Gasteiger partial charge in [0.05, 0.1) is 12.4 Å². The largest absolute Gasteiger partial charge is 0.497 e. The maximum atomic E-state index is 12.2. The Kier molecular flexibility index (Phi) is 5.82. The van der Waals surface area contributed by atoms with Crippen LogP contribution in [0.5, 0.6) is 5.75 Å². The Hall–Kier alpha value is -1.82. The van der Waals surface area contributed by atoms with Gasteiger partial charge >= 0.3 is 0 Å². The first kappa shape index (κ1) is 17.5. The predicted octanol–water partition coefficient (Wildman–Crippen LogP) is 2.13. The Morgan fingerprint density at radius 2 is 2.04 bits per heavy atom. The minimum atomic E-state index is -3.00. The fourth-order valence-corrected chi connectivity index (χ4v) is 4.09. The van der Waals surface area contributed by atoms with E-state index in [9.17, 15) is 13.2 Å². The predicted molar refractivity (Wildman–Crippen MR) is 91.1 cm³/mol. The van der Waals surface area contributed by atoms with Gasteiger partial charge in [-0.1, -0.05) is 19.1 Å². The van der Waals surface area contributed by atoms with Crippen LogP contribution in [0, 0.1) is 0 Å². The van der Waals surface area contributed by atoms with Crippen LogP contribution in [0.1, 0.15) is 25.3 Å². The van der Waals surface area contributed by atoms with Crippen molar-refractivity contribution in [1.29, 1.82) is 0 Å². The number of carbonyl (C=O) groups is 1. The van der Waals surface area contributed by atoms with E-state index in [0.717, 1.165) is 11.3 Å². The van der Waals surface area contributed by atoms with Crippen LogP contribution < -0.4 is 4.74 Å². The molecule has 0 bridgehead atoms. The SMILES string of the molecule is CCS(=O)(=O)C1CCN(C(=O)/C=C/c2cccc(OC)c2)CC1. The zero-order chi connectivity index (χ0) is 16.9. The van der Waals surface area contributed by atoms with Gasteiger partial charge in [-0.3, -0.25) is 4.79 Å². The fourth-order valence-electron chi connectivity index (χ4n) is 2.69. The number of sulfone groups is 1. The number of nitrogens with zero attached hydrogens (tertiary/aromatic N) is 1. The van der Waals surface area contributed by atoms with Crippen molar-refractivity contribution in [3.8, 4) is 5.75 Å². The summed E-state index contributed by atoms with van der Waals surface area (Å²) in [4.78, 5) is 13.9. The van der Waals surface area contributed by atoms with Crippen LogP contribution in [-0.4, -0.2) is 50.4 Å². The van der Waals surface area contributed by atoms with E-state index in [2.05, 4.69) is 0 Å². The van der Waals surface area contributed by atoms with Crippen LogP contribution in [0.3, 0.4) is 0 Å². The van der Waals surface area contributed by atoms with Gasteiger partial charge in [0.15, 0.2) is 9.84 Å². The second-order valence-electron chi connectivity index (χ2n) is 5.59. The third-order valence-corrected chi connectivity index (χ3v) is 6.47. The molecule has 1 aliphatic heterocycles. The van der Waals surface area contributed by atoms with Gasteiger partial charge in [-0.05, 0) is 36.6 Å². The average molecular weight is 337 g/mol.